The summed E-state index contributed by atoms with van der Waals surface area (Å²) >= 11 is 1.31. The van der Waals surface area contributed by atoms with Gasteiger partial charge < -0.3 is 9.84 Å². The minimum Gasteiger partial charge on any atom is -0.500 e. The molecule has 2 aromatic carbocycles. The van der Waals surface area contributed by atoms with E-state index < -0.39 is 16.4 Å². The van der Waals surface area contributed by atoms with Crippen LogP contribution in [0.15, 0.2) is 47.8 Å². The van der Waals surface area contributed by atoms with Gasteiger partial charge in [-0.1, -0.05) is 30.3 Å². The fourth-order valence-electron chi connectivity index (χ4n) is 2.55. The minimum absolute atomic E-state index is 0.00986. The lowest BCUT2D eigenvalue weighted by Crippen LogP contribution is -1.96. The van der Waals surface area contributed by atoms with E-state index in [4.69, 9.17) is 4.74 Å². The Bertz CT molecular complexity index is 1080. The van der Waals surface area contributed by atoms with E-state index in [0.717, 1.165) is 11.3 Å². The van der Waals surface area contributed by atoms with Crippen molar-refractivity contribution >= 4 is 28.7 Å². The number of nitro benzene ring substituents is 1. The van der Waals surface area contributed by atoms with Crippen molar-refractivity contribution in [3.8, 4) is 28.8 Å². The lowest BCUT2D eigenvalue weighted by atomic mass is 10.1. The molecule has 1 aromatic heterocycles. The number of ether oxygens (including phenoxy) is 1. The van der Waals surface area contributed by atoms with Crippen LogP contribution in [-0.4, -0.2) is 21.6 Å². The number of phenols is 1. The number of hydrogen-bond acceptors (Lipinski definition) is 7. The third kappa shape index (κ3) is 4.00. The predicted molar refractivity (Wildman–Crippen MR) is 107 cm³/mol. The zero-order valence-corrected chi connectivity index (χ0v) is 15.6. The lowest BCUT2D eigenvalue weighted by molar-refractivity contribution is -0.386. The first-order valence-electron chi connectivity index (χ1n) is 8.30. The molecule has 140 valence electrons. The summed E-state index contributed by atoms with van der Waals surface area (Å²) in [5.41, 5.74) is 1.81. The third-order valence-electron chi connectivity index (χ3n) is 3.81. The molecule has 0 aliphatic rings. The quantitative estimate of drug-likeness (QED) is 0.363. The summed E-state index contributed by atoms with van der Waals surface area (Å²) in [5, 5.41) is 33.1. The van der Waals surface area contributed by atoms with Crippen LogP contribution in [0.25, 0.3) is 22.9 Å². The van der Waals surface area contributed by atoms with Gasteiger partial charge in [0.05, 0.1) is 22.8 Å². The van der Waals surface area contributed by atoms with Crippen LogP contribution in [0.2, 0.25) is 0 Å². The maximum atomic E-state index is 11.2. The zero-order valence-electron chi connectivity index (χ0n) is 14.8. The molecule has 0 amide bonds. The Morgan fingerprint density at radius 1 is 1.39 bits per heavy atom. The molecule has 3 aromatic rings. The fraction of sp³-hybridized carbons (Fsp3) is 0.100. The molecule has 0 fully saturated rings. The van der Waals surface area contributed by atoms with E-state index in [9.17, 15) is 20.5 Å². The van der Waals surface area contributed by atoms with Crippen LogP contribution >= 0.6 is 11.3 Å². The second kappa shape index (κ2) is 8.33. The molecular formula is C20H15N3O4S. The largest absolute Gasteiger partial charge is 0.500 e. The highest BCUT2D eigenvalue weighted by atomic mass is 32.1. The van der Waals surface area contributed by atoms with Gasteiger partial charge >= 0.3 is 5.69 Å². The molecule has 0 saturated carbocycles. The number of nitro groups is 1. The van der Waals surface area contributed by atoms with E-state index in [0.29, 0.717) is 10.6 Å². The number of aromatic hydroxyl groups is 1. The molecular weight excluding hydrogens is 378 g/mol. The van der Waals surface area contributed by atoms with Crippen LogP contribution < -0.4 is 4.74 Å². The molecule has 0 bridgehead atoms. The number of hydrogen-bond donors (Lipinski definition) is 1. The van der Waals surface area contributed by atoms with Crippen LogP contribution in [0.4, 0.5) is 5.69 Å². The fourth-order valence-corrected chi connectivity index (χ4v) is 3.34. The number of rotatable bonds is 6. The van der Waals surface area contributed by atoms with Gasteiger partial charge in [0.1, 0.15) is 11.1 Å². The molecule has 0 aliphatic carbocycles. The van der Waals surface area contributed by atoms with Crippen LogP contribution in [0.5, 0.6) is 11.5 Å². The predicted octanol–water partition coefficient (Wildman–Crippen LogP) is 4.89. The Balaban J connectivity index is 2.03. The standard InChI is InChI=1S/C20H15N3O4S/c1-2-27-18-10-13(9-17(19(18)24)23(25)26)8-15(11-21)20-22-16(12-28-20)14-6-4-3-5-7-14/h3-10,12,24H,2H2,1H3/b15-8-. The van der Waals surface area contributed by atoms with Crippen molar-refractivity contribution in [2.75, 3.05) is 6.61 Å². The molecule has 0 atom stereocenters. The van der Waals surface area contributed by atoms with Gasteiger partial charge in [0.25, 0.3) is 0 Å². The summed E-state index contributed by atoms with van der Waals surface area (Å²) in [7, 11) is 0. The number of phenolic OH excluding ortho intramolecular Hbond substituents is 1. The summed E-state index contributed by atoms with van der Waals surface area (Å²) in [5.74, 6) is -0.549. The van der Waals surface area contributed by atoms with Crippen molar-refractivity contribution in [2.45, 2.75) is 6.92 Å². The van der Waals surface area contributed by atoms with Gasteiger partial charge in [0, 0.05) is 17.0 Å². The molecule has 0 unspecified atom stereocenters. The summed E-state index contributed by atoms with van der Waals surface area (Å²) in [4.78, 5) is 15.0. The monoisotopic (exact) mass is 393 g/mol. The molecule has 1 N–H and O–H groups in total. The topological polar surface area (TPSA) is 109 Å². The SMILES string of the molecule is CCOc1cc(/C=C(/C#N)c2nc(-c3ccccc3)cs2)cc([N+](=O)[O-])c1O. The zero-order chi connectivity index (χ0) is 20.1. The number of nitriles is 1. The highest BCUT2D eigenvalue weighted by Gasteiger charge is 2.20. The number of allylic oxidation sites excluding steroid dienone is 1. The Morgan fingerprint density at radius 3 is 2.79 bits per heavy atom. The molecule has 0 saturated heterocycles. The Kier molecular flexibility index (Phi) is 5.67. The molecule has 0 aliphatic heterocycles. The summed E-state index contributed by atoms with van der Waals surface area (Å²) in [6.07, 6.45) is 1.49. The van der Waals surface area contributed by atoms with Crippen LogP contribution in [0, 0.1) is 21.4 Å². The number of aromatic nitrogens is 1. The lowest BCUT2D eigenvalue weighted by Gasteiger charge is -2.07. The van der Waals surface area contributed by atoms with Crippen molar-refractivity contribution in [1.82, 2.24) is 4.98 Å². The smallest absolute Gasteiger partial charge is 0.315 e. The highest BCUT2D eigenvalue weighted by Crippen LogP contribution is 2.38. The maximum absolute atomic E-state index is 11.2. The average Bonchev–Trinajstić information content (AvgIpc) is 3.19. The number of benzene rings is 2. The number of thiazole rings is 1. The Hall–Kier alpha value is -3.70. The second-order valence-electron chi connectivity index (χ2n) is 5.65. The van der Waals surface area contributed by atoms with Crippen molar-refractivity contribution < 1.29 is 14.8 Å². The van der Waals surface area contributed by atoms with Gasteiger partial charge in [0.15, 0.2) is 5.75 Å². The van der Waals surface area contributed by atoms with Crippen molar-refractivity contribution in [3.63, 3.8) is 0 Å². The molecule has 8 heteroatoms. The first-order chi connectivity index (χ1) is 13.5. The normalized spacial score (nSPS) is 11.1. The molecule has 28 heavy (non-hydrogen) atoms. The van der Waals surface area contributed by atoms with E-state index in [-0.39, 0.29) is 17.9 Å². The Labute approximate surface area is 164 Å². The van der Waals surface area contributed by atoms with Crippen molar-refractivity contribution in [1.29, 1.82) is 5.26 Å². The summed E-state index contributed by atoms with van der Waals surface area (Å²) < 4.78 is 5.27. The summed E-state index contributed by atoms with van der Waals surface area (Å²) in [6.45, 7) is 1.94. The van der Waals surface area contributed by atoms with Crippen LogP contribution in [0.3, 0.4) is 0 Å². The number of nitrogens with zero attached hydrogens (tertiary/aromatic N) is 3. The van der Waals surface area contributed by atoms with Gasteiger partial charge in [-0.05, 0) is 24.6 Å². The third-order valence-corrected chi connectivity index (χ3v) is 4.68. The molecule has 7 nitrogen and oxygen atoms in total. The van der Waals surface area contributed by atoms with Crippen molar-refractivity contribution in [2.24, 2.45) is 0 Å². The van der Waals surface area contributed by atoms with Gasteiger partial charge in [-0.3, -0.25) is 10.1 Å². The van der Waals surface area contributed by atoms with Gasteiger partial charge in [-0.25, -0.2) is 4.98 Å². The van der Waals surface area contributed by atoms with Gasteiger partial charge in [0.2, 0.25) is 5.75 Å². The molecule has 0 spiro atoms. The van der Waals surface area contributed by atoms with E-state index >= 15 is 0 Å². The van der Waals surface area contributed by atoms with Gasteiger partial charge in [-0.2, -0.15) is 5.26 Å². The average molecular weight is 393 g/mol. The molecule has 1 heterocycles. The molecule has 0 radical (unpaired) electrons. The van der Waals surface area contributed by atoms with Crippen LogP contribution in [0.1, 0.15) is 17.5 Å². The van der Waals surface area contributed by atoms with Crippen LogP contribution in [-0.2, 0) is 0 Å². The second-order valence-corrected chi connectivity index (χ2v) is 6.51. The van der Waals surface area contributed by atoms with E-state index in [2.05, 4.69) is 11.1 Å². The Morgan fingerprint density at radius 2 is 2.14 bits per heavy atom. The highest BCUT2D eigenvalue weighted by molar-refractivity contribution is 7.11. The van der Waals surface area contributed by atoms with E-state index in [1.807, 2.05) is 35.7 Å². The minimum atomic E-state index is -0.696. The maximum Gasteiger partial charge on any atom is 0.315 e. The molecule has 3 rings (SSSR count). The van der Waals surface area contributed by atoms with E-state index in [1.165, 1.54) is 29.5 Å². The van der Waals surface area contributed by atoms with E-state index in [1.54, 1.807) is 6.92 Å². The summed E-state index contributed by atoms with van der Waals surface area (Å²) in [6, 6.07) is 14.3. The van der Waals surface area contributed by atoms with Gasteiger partial charge in [-0.15, -0.1) is 11.3 Å². The first-order valence-corrected chi connectivity index (χ1v) is 9.18. The van der Waals surface area contributed by atoms with Crippen molar-refractivity contribution in [3.05, 3.63) is 68.5 Å². The first kappa shape index (κ1) is 19.1.